The summed E-state index contributed by atoms with van der Waals surface area (Å²) >= 11 is 0. The number of aliphatic hydroxyl groups is 1. The molecule has 1 unspecified atom stereocenters. The van der Waals surface area contributed by atoms with Crippen LogP contribution in [0, 0.1) is 6.92 Å². The zero-order valence-corrected chi connectivity index (χ0v) is 19.5. The number of rotatable bonds is 8. The van der Waals surface area contributed by atoms with Crippen LogP contribution in [-0.4, -0.2) is 53.8 Å². The first-order chi connectivity index (χ1) is 16.4. The van der Waals surface area contributed by atoms with Gasteiger partial charge in [-0.25, -0.2) is 0 Å². The maximum Gasteiger partial charge on any atom is 0.295 e. The lowest BCUT2D eigenvalue weighted by molar-refractivity contribution is -0.140. The number of aliphatic hydroxyl groups excluding tert-OH is 1. The molecule has 1 saturated heterocycles. The van der Waals surface area contributed by atoms with Crippen LogP contribution in [0.4, 0.5) is 0 Å². The predicted octanol–water partition coefficient (Wildman–Crippen LogP) is 4.15. The Hall–Kier alpha value is -3.84. The molecule has 1 aliphatic heterocycles. The summed E-state index contributed by atoms with van der Waals surface area (Å²) in [5.41, 5.74) is 2.31. The van der Waals surface area contributed by atoms with Crippen LogP contribution < -0.4 is 4.74 Å². The highest BCUT2D eigenvalue weighted by Gasteiger charge is 2.47. The largest absolute Gasteiger partial charge is 0.507 e. The molecule has 1 atom stereocenters. The molecule has 34 heavy (non-hydrogen) atoms. The number of Topliss-reactive ketones (excluding diaryl/α,β-unsaturated/α-hetero) is 1. The fourth-order valence-electron chi connectivity index (χ4n) is 4.01. The molecule has 0 saturated carbocycles. The quantitative estimate of drug-likeness (QED) is 0.309. The maximum absolute atomic E-state index is 13.0. The van der Waals surface area contributed by atoms with Crippen LogP contribution in [0.1, 0.15) is 28.5 Å². The molecular formula is C27H28N2O5. The lowest BCUT2D eigenvalue weighted by Gasteiger charge is -2.24. The highest BCUT2D eigenvalue weighted by Crippen LogP contribution is 2.39. The third kappa shape index (κ3) is 4.75. The predicted molar refractivity (Wildman–Crippen MR) is 128 cm³/mol. The van der Waals surface area contributed by atoms with Crippen molar-refractivity contribution in [2.24, 2.45) is 0 Å². The van der Waals surface area contributed by atoms with Crippen molar-refractivity contribution in [1.82, 2.24) is 9.80 Å². The number of ketones is 1. The van der Waals surface area contributed by atoms with Crippen molar-refractivity contribution in [1.29, 1.82) is 0 Å². The van der Waals surface area contributed by atoms with Crippen molar-refractivity contribution in [3.63, 3.8) is 0 Å². The van der Waals surface area contributed by atoms with E-state index in [1.165, 1.54) is 11.2 Å². The summed E-state index contributed by atoms with van der Waals surface area (Å²) in [7, 11) is 3.78. The lowest BCUT2D eigenvalue weighted by atomic mass is 9.98. The molecule has 1 N–H and O–H groups in total. The third-order valence-corrected chi connectivity index (χ3v) is 5.83. The van der Waals surface area contributed by atoms with Crippen LogP contribution in [0.25, 0.3) is 5.76 Å². The number of hydrogen-bond acceptors (Lipinski definition) is 6. The van der Waals surface area contributed by atoms with Crippen LogP contribution in [0.2, 0.25) is 0 Å². The van der Waals surface area contributed by atoms with E-state index in [0.29, 0.717) is 36.8 Å². The zero-order valence-electron chi connectivity index (χ0n) is 19.5. The van der Waals surface area contributed by atoms with E-state index < -0.39 is 17.7 Å². The van der Waals surface area contributed by atoms with Crippen LogP contribution in [0.3, 0.4) is 0 Å². The number of furan rings is 1. The van der Waals surface area contributed by atoms with Gasteiger partial charge in [0.05, 0.1) is 11.8 Å². The molecule has 176 valence electrons. The van der Waals surface area contributed by atoms with Gasteiger partial charge in [0.1, 0.15) is 29.9 Å². The number of amides is 1. The summed E-state index contributed by atoms with van der Waals surface area (Å²) < 4.78 is 11.5. The first-order valence-electron chi connectivity index (χ1n) is 11.1. The molecule has 2 aromatic carbocycles. The van der Waals surface area contributed by atoms with Gasteiger partial charge in [0, 0.05) is 18.7 Å². The van der Waals surface area contributed by atoms with Gasteiger partial charge < -0.3 is 24.1 Å². The number of hydrogen-bond donors (Lipinski definition) is 1. The molecule has 0 spiro atoms. The van der Waals surface area contributed by atoms with Gasteiger partial charge in [-0.1, -0.05) is 30.3 Å². The number of ether oxygens (including phenoxy) is 1. The number of carbonyl (C=O) groups is 2. The highest BCUT2D eigenvalue weighted by molar-refractivity contribution is 6.46. The van der Waals surface area contributed by atoms with Crippen LogP contribution in [-0.2, 0) is 16.2 Å². The molecule has 4 rings (SSSR count). The molecule has 1 aliphatic rings. The van der Waals surface area contributed by atoms with E-state index in [-0.39, 0.29) is 11.3 Å². The Morgan fingerprint density at radius 1 is 1.09 bits per heavy atom. The number of carbonyl (C=O) groups excluding carboxylic acids is 2. The van der Waals surface area contributed by atoms with Crippen molar-refractivity contribution in [3.05, 3.63) is 95.0 Å². The van der Waals surface area contributed by atoms with Crippen molar-refractivity contribution >= 4 is 17.4 Å². The normalized spacial score (nSPS) is 17.5. The minimum absolute atomic E-state index is 0.0241. The van der Waals surface area contributed by atoms with E-state index in [1.807, 2.05) is 56.3 Å². The molecule has 3 aromatic rings. The van der Waals surface area contributed by atoms with E-state index in [0.717, 1.165) is 11.1 Å². The fraction of sp³-hybridized carbons (Fsp3) is 0.259. The molecule has 1 fully saturated rings. The second-order valence-corrected chi connectivity index (χ2v) is 8.57. The molecule has 2 heterocycles. The monoisotopic (exact) mass is 460 g/mol. The van der Waals surface area contributed by atoms with Crippen molar-refractivity contribution < 1.29 is 23.8 Å². The smallest absolute Gasteiger partial charge is 0.295 e. The Kier molecular flexibility index (Phi) is 6.84. The highest BCUT2D eigenvalue weighted by atomic mass is 16.5. The number of likely N-dealkylation sites (tertiary alicyclic amines) is 1. The molecule has 1 amide bonds. The molecule has 7 nitrogen and oxygen atoms in total. The summed E-state index contributed by atoms with van der Waals surface area (Å²) in [5.74, 6) is -0.498. The molecule has 7 heteroatoms. The average molecular weight is 461 g/mol. The summed E-state index contributed by atoms with van der Waals surface area (Å²) in [6.07, 6.45) is 1.49. The van der Waals surface area contributed by atoms with Gasteiger partial charge in [-0.3, -0.25) is 9.59 Å². The number of nitrogens with zero attached hydrogens (tertiary/aromatic N) is 2. The minimum Gasteiger partial charge on any atom is -0.507 e. The van der Waals surface area contributed by atoms with Gasteiger partial charge in [0.25, 0.3) is 11.7 Å². The molecule has 1 aromatic heterocycles. The zero-order chi connectivity index (χ0) is 24.2. The van der Waals surface area contributed by atoms with Crippen molar-refractivity contribution in [2.45, 2.75) is 19.6 Å². The topological polar surface area (TPSA) is 83.2 Å². The standard InChI is InChI=1S/C27H28N2O5/c1-18-16-20(11-12-21(18)34-17-19-8-5-4-6-9-19)25(30)23-24(22-10-7-15-33-22)29(14-13-28(2)3)27(32)26(23)31/h4-12,15-16,24,30H,13-14,17H2,1-3H3/b25-23-. The van der Waals surface area contributed by atoms with E-state index >= 15 is 0 Å². The van der Waals surface area contributed by atoms with Gasteiger partial charge in [0.15, 0.2) is 0 Å². The Morgan fingerprint density at radius 2 is 1.85 bits per heavy atom. The third-order valence-electron chi connectivity index (χ3n) is 5.83. The van der Waals surface area contributed by atoms with Crippen LogP contribution in [0.15, 0.2) is 76.9 Å². The van der Waals surface area contributed by atoms with E-state index in [9.17, 15) is 14.7 Å². The van der Waals surface area contributed by atoms with E-state index in [2.05, 4.69) is 0 Å². The molecule has 0 aliphatic carbocycles. The van der Waals surface area contributed by atoms with Crippen LogP contribution >= 0.6 is 0 Å². The summed E-state index contributed by atoms with van der Waals surface area (Å²) in [6.45, 7) is 3.18. The average Bonchev–Trinajstić information content (AvgIpc) is 3.44. The second-order valence-electron chi connectivity index (χ2n) is 8.57. The summed E-state index contributed by atoms with van der Waals surface area (Å²) in [5, 5.41) is 11.2. The Morgan fingerprint density at radius 3 is 2.50 bits per heavy atom. The van der Waals surface area contributed by atoms with Gasteiger partial charge in [-0.15, -0.1) is 0 Å². The Labute approximate surface area is 198 Å². The SMILES string of the molecule is Cc1cc(/C(O)=C2/C(=O)C(=O)N(CCN(C)C)C2c2ccco2)ccc1OCc1ccccc1. The summed E-state index contributed by atoms with van der Waals surface area (Å²) in [4.78, 5) is 29.2. The molecule has 0 bridgehead atoms. The number of benzene rings is 2. The minimum atomic E-state index is -0.788. The van der Waals surface area contributed by atoms with Gasteiger partial charge in [-0.05, 0) is 62.5 Å². The van der Waals surface area contributed by atoms with Gasteiger partial charge in [-0.2, -0.15) is 0 Å². The van der Waals surface area contributed by atoms with Gasteiger partial charge >= 0.3 is 0 Å². The van der Waals surface area contributed by atoms with E-state index in [4.69, 9.17) is 9.15 Å². The summed E-state index contributed by atoms with van der Waals surface area (Å²) in [6, 6.07) is 17.7. The molecule has 0 radical (unpaired) electrons. The first kappa shape index (κ1) is 23.3. The Bertz CT molecular complexity index is 1200. The number of aryl methyl sites for hydroxylation is 1. The lowest BCUT2D eigenvalue weighted by Crippen LogP contribution is -2.35. The number of likely N-dealkylation sites (N-methyl/N-ethyl adjacent to an activating group) is 1. The molecular weight excluding hydrogens is 432 g/mol. The fourth-order valence-corrected chi connectivity index (χ4v) is 4.01. The van der Waals surface area contributed by atoms with Crippen molar-refractivity contribution in [3.8, 4) is 5.75 Å². The van der Waals surface area contributed by atoms with Crippen LogP contribution in [0.5, 0.6) is 5.75 Å². The van der Waals surface area contributed by atoms with Gasteiger partial charge in [0.2, 0.25) is 0 Å². The second kappa shape index (κ2) is 9.97. The maximum atomic E-state index is 13.0. The Balaban J connectivity index is 1.66. The van der Waals surface area contributed by atoms with E-state index in [1.54, 1.807) is 30.3 Å². The first-order valence-corrected chi connectivity index (χ1v) is 11.1. The van der Waals surface area contributed by atoms with Crippen molar-refractivity contribution in [2.75, 3.05) is 27.2 Å².